The van der Waals surface area contributed by atoms with E-state index < -0.39 is 0 Å². The SMILES string of the molecule is CCOCCCN/C=C(/C#N)C(=O)N1CCC(C)CC1. The van der Waals surface area contributed by atoms with Crippen LogP contribution in [0.4, 0.5) is 0 Å². The number of piperidine rings is 1. The first kappa shape index (κ1) is 16.5. The maximum Gasteiger partial charge on any atom is 0.265 e. The van der Waals surface area contributed by atoms with Gasteiger partial charge in [-0.15, -0.1) is 0 Å². The van der Waals surface area contributed by atoms with E-state index in [1.165, 1.54) is 6.20 Å². The van der Waals surface area contributed by atoms with Crippen molar-refractivity contribution in [2.24, 2.45) is 5.92 Å². The third kappa shape index (κ3) is 5.62. The lowest BCUT2D eigenvalue weighted by molar-refractivity contribution is -0.128. The van der Waals surface area contributed by atoms with Crippen LogP contribution in [0.5, 0.6) is 0 Å². The lowest BCUT2D eigenvalue weighted by Gasteiger charge is -2.30. The van der Waals surface area contributed by atoms with Crippen molar-refractivity contribution in [3.63, 3.8) is 0 Å². The van der Waals surface area contributed by atoms with Crippen molar-refractivity contribution < 1.29 is 9.53 Å². The van der Waals surface area contributed by atoms with E-state index in [9.17, 15) is 4.79 Å². The maximum absolute atomic E-state index is 12.2. The number of likely N-dealkylation sites (tertiary alicyclic amines) is 1. The molecule has 0 aromatic heterocycles. The Bertz CT molecular complexity index is 366. The normalized spacial score (nSPS) is 16.9. The summed E-state index contributed by atoms with van der Waals surface area (Å²) in [6.07, 6.45) is 4.43. The lowest BCUT2D eigenvalue weighted by atomic mass is 9.99. The summed E-state index contributed by atoms with van der Waals surface area (Å²) in [5.74, 6) is 0.516. The molecule has 0 unspecified atom stereocenters. The van der Waals surface area contributed by atoms with E-state index in [4.69, 9.17) is 10.00 Å². The molecule has 0 aliphatic carbocycles. The van der Waals surface area contributed by atoms with Crippen LogP contribution in [-0.2, 0) is 9.53 Å². The van der Waals surface area contributed by atoms with Gasteiger partial charge in [0.25, 0.3) is 5.91 Å². The first-order chi connectivity index (χ1) is 9.69. The highest BCUT2D eigenvalue weighted by atomic mass is 16.5. The number of amides is 1. The number of nitrogens with one attached hydrogen (secondary N) is 1. The number of carbonyl (C=O) groups is 1. The van der Waals surface area contributed by atoms with Gasteiger partial charge < -0.3 is 15.0 Å². The second kappa shape index (κ2) is 9.38. The van der Waals surface area contributed by atoms with Gasteiger partial charge in [0.05, 0.1) is 0 Å². The Morgan fingerprint density at radius 1 is 1.50 bits per heavy atom. The Morgan fingerprint density at radius 2 is 2.20 bits per heavy atom. The molecule has 1 N–H and O–H groups in total. The van der Waals surface area contributed by atoms with Gasteiger partial charge in [-0.3, -0.25) is 4.79 Å². The first-order valence-corrected chi connectivity index (χ1v) is 7.39. The smallest absolute Gasteiger partial charge is 0.265 e. The Kier molecular flexibility index (Phi) is 7.74. The predicted molar refractivity (Wildman–Crippen MR) is 77.8 cm³/mol. The average molecular weight is 279 g/mol. The molecule has 1 saturated heterocycles. The number of nitriles is 1. The number of ether oxygens (including phenoxy) is 1. The van der Waals surface area contributed by atoms with Gasteiger partial charge in [-0.1, -0.05) is 6.92 Å². The number of rotatable bonds is 7. The van der Waals surface area contributed by atoms with Crippen molar-refractivity contribution in [3.05, 3.63) is 11.8 Å². The Balaban J connectivity index is 2.36. The number of carbonyl (C=O) groups excluding carboxylic acids is 1. The zero-order valence-electron chi connectivity index (χ0n) is 12.5. The highest BCUT2D eigenvalue weighted by molar-refractivity contribution is 5.97. The minimum absolute atomic E-state index is 0.156. The lowest BCUT2D eigenvalue weighted by Crippen LogP contribution is -2.38. The van der Waals surface area contributed by atoms with Crippen LogP contribution in [0.25, 0.3) is 0 Å². The fraction of sp³-hybridized carbons (Fsp3) is 0.733. The van der Waals surface area contributed by atoms with Gasteiger partial charge in [0.2, 0.25) is 0 Å². The molecule has 1 aliphatic rings. The van der Waals surface area contributed by atoms with E-state index in [0.29, 0.717) is 25.7 Å². The monoisotopic (exact) mass is 279 g/mol. The van der Waals surface area contributed by atoms with Crippen LogP contribution in [0.1, 0.15) is 33.1 Å². The molecular weight excluding hydrogens is 254 g/mol. The van der Waals surface area contributed by atoms with Gasteiger partial charge in [0.1, 0.15) is 11.6 Å². The van der Waals surface area contributed by atoms with Crippen LogP contribution < -0.4 is 5.32 Å². The van der Waals surface area contributed by atoms with Crippen molar-refractivity contribution in [2.45, 2.75) is 33.1 Å². The topological polar surface area (TPSA) is 65.4 Å². The molecule has 0 aromatic carbocycles. The number of nitrogens with zero attached hydrogens (tertiary/aromatic N) is 2. The van der Waals surface area contributed by atoms with Crippen LogP contribution in [0, 0.1) is 17.2 Å². The van der Waals surface area contributed by atoms with Gasteiger partial charge in [0.15, 0.2) is 0 Å². The molecule has 20 heavy (non-hydrogen) atoms. The molecule has 1 amide bonds. The third-order valence-electron chi connectivity index (χ3n) is 3.48. The molecule has 0 saturated carbocycles. The molecule has 0 radical (unpaired) electrons. The Labute approximate surface area is 121 Å². The second-order valence-electron chi connectivity index (χ2n) is 5.15. The summed E-state index contributed by atoms with van der Waals surface area (Å²) in [4.78, 5) is 13.9. The molecular formula is C15H25N3O2. The summed E-state index contributed by atoms with van der Waals surface area (Å²) in [5, 5.41) is 12.1. The summed E-state index contributed by atoms with van der Waals surface area (Å²) < 4.78 is 5.22. The van der Waals surface area contributed by atoms with Gasteiger partial charge in [-0.2, -0.15) is 5.26 Å². The molecule has 1 rings (SSSR count). The van der Waals surface area contributed by atoms with E-state index in [1.807, 2.05) is 13.0 Å². The average Bonchev–Trinajstić information content (AvgIpc) is 2.47. The standard InChI is InChI=1S/C15H25N3O2/c1-3-20-10-4-7-17-12-14(11-16)15(19)18-8-5-13(2)6-9-18/h12-13,17H,3-10H2,1-2H3/b14-12-. The largest absolute Gasteiger partial charge is 0.390 e. The first-order valence-electron chi connectivity index (χ1n) is 7.39. The zero-order chi connectivity index (χ0) is 14.8. The van der Waals surface area contributed by atoms with E-state index >= 15 is 0 Å². The fourth-order valence-corrected chi connectivity index (χ4v) is 2.12. The van der Waals surface area contributed by atoms with E-state index in [2.05, 4.69) is 12.2 Å². The quantitative estimate of drug-likeness (QED) is 0.437. The van der Waals surface area contributed by atoms with Crippen molar-refractivity contribution in [2.75, 3.05) is 32.8 Å². The van der Waals surface area contributed by atoms with Gasteiger partial charge in [0, 0.05) is 39.0 Å². The van der Waals surface area contributed by atoms with Crippen molar-refractivity contribution in [1.29, 1.82) is 5.26 Å². The molecule has 1 fully saturated rings. The van der Waals surface area contributed by atoms with Crippen LogP contribution in [0.15, 0.2) is 11.8 Å². The minimum atomic E-state index is -0.156. The van der Waals surface area contributed by atoms with Crippen LogP contribution in [-0.4, -0.2) is 43.7 Å². The molecule has 0 atom stereocenters. The van der Waals surface area contributed by atoms with Gasteiger partial charge in [-0.05, 0) is 32.1 Å². The summed E-state index contributed by atoms with van der Waals surface area (Å²) in [6.45, 7) is 7.77. The van der Waals surface area contributed by atoms with Crippen molar-refractivity contribution in [3.8, 4) is 6.07 Å². The molecule has 5 heteroatoms. The molecule has 1 aliphatic heterocycles. The molecule has 0 bridgehead atoms. The van der Waals surface area contributed by atoms with Crippen LogP contribution in [0.2, 0.25) is 0 Å². The Hall–Kier alpha value is -1.54. The summed E-state index contributed by atoms with van der Waals surface area (Å²) in [6, 6.07) is 1.99. The zero-order valence-corrected chi connectivity index (χ0v) is 12.5. The predicted octanol–water partition coefficient (Wildman–Crippen LogP) is 1.67. The second-order valence-corrected chi connectivity index (χ2v) is 5.15. The van der Waals surface area contributed by atoms with E-state index in [-0.39, 0.29) is 11.5 Å². The molecule has 5 nitrogen and oxygen atoms in total. The van der Waals surface area contributed by atoms with Crippen LogP contribution in [0.3, 0.4) is 0 Å². The molecule has 0 aromatic rings. The summed E-state index contributed by atoms with van der Waals surface area (Å²) in [7, 11) is 0. The molecule has 1 heterocycles. The Morgan fingerprint density at radius 3 is 2.80 bits per heavy atom. The molecule has 112 valence electrons. The van der Waals surface area contributed by atoms with Crippen LogP contribution >= 0.6 is 0 Å². The summed E-state index contributed by atoms with van der Waals surface area (Å²) >= 11 is 0. The van der Waals surface area contributed by atoms with Crippen molar-refractivity contribution in [1.82, 2.24) is 10.2 Å². The van der Waals surface area contributed by atoms with E-state index in [0.717, 1.165) is 32.4 Å². The van der Waals surface area contributed by atoms with Gasteiger partial charge in [-0.25, -0.2) is 0 Å². The maximum atomic E-state index is 12.2. The minimum Gasteiger partial charge on any atom is -0.390 e. The number of hydrogen-bond donors (Lipinski definition) is 1. The van der Waals surface area contributed by atoms with Crippen molar-refractivity contribution >= 4 is 5.91 Å². The highest BCUT2D eigenvalue weighted by Crippen LogP contribution is 2.17. The summed E-state index contributed by atoms with van der Waals surface area (Å²) in [5.41, 5.74) is 0.191. The highest BCUT2D eigenvalue weighted by Gasteiger charge is 2.22. The van der Waals surface area contributed by atoms with Gasteiger partial charge >= 0.3 is 0 Å². The number of hydrogen-bond acceptors (Lipinski definition) is 4. The third-order valence-corrected chi connectivity index (χ3v) is 3.48. The fourth-order valence-electron chi connectivity index (χ4n) is 2.12. The molecule has 0 spiro atoms. The van der Waals surface area contributed by atoms with E-state index in [1.54, 1.807) is 4.90 Å².